The highest BCUT2D eigenvalue weighted by molar-refractivity contribution is 5.93. The molecule has 0 aliphatic heterocycles. The van der Waals surface area contributed by atoms with Crippen LogP contribution in [0.1, 0.15) is 39.0 Å². The molecule has 0 spiro atoms. The van der Waals surface area contributed by atoms with E-state index in [9.17, 15) is 29.6 Å². The summed E-state index contributed by atoms with van der Waals surface area (Å²) >= 11 is 0. The molecule has 0 aromatic heterocycles. The zero-order valence-corrected chi connectivity index (χ0v) is 16.8. The minimum Gasteiger partial charge on any atom is -0.479 e. The van der Waals surface area contributed by atoms with E-state index in [-0.39, 0.29) is 37.6 Å². The Morgan fingerprint density at radius 1 is 1.34 bits per heavy atom. The number of nitro groups is 1. The highest BCUT2D eigenvalue weighted by Gasteiger charge is 2.58. The van der Waals surface area contributed by atoms with Gasteiger partial charge in [-0.05, 0) is 32.6 Å². The number of carboxylic acids is 1. The smallest absolute Gasteiger partial charge is 0.336 e. The van der Waals surface area contributed by atoms with Crippen LogP contribution in [0.3, 0.4) is 0 Å². The molecule has 1 rings (SSSR count). The summed E-state index contributed by atoms with van der Waals surface area (Å²) in [5.74, 6) is -3.00. The van der Waals surface area contributed by atoms with Crippen LogP contribution >= 0.6 is 12.4 Å². The van der Waals surface area contributed by atoms with Gasteiger partial charge in [-0.25, -0.2) is 4.79 Å². The van der Waals surface area contributed by atoms with Gasteiger partial charge in [0.25, 0.3) is 0 Å². The molecule has 1 aliphatic rings. The van der Waals surface area contributed by atoms with Crippen molar-refractivity contribution in [1.82, 2.24) is 10.6 Å². The van der Waals surface area contributed by atoms with Crippen molar-refractivity contribution in [1.29, 1.82) is 0 Å². The second-order valence-corrected chi connectivity index (χ2v) is 6.74. The Morgan fingerprint density at radius 3 is 2.48 bits per heavy atom. The van der Waals surface area contributed by atoms with Crippen molar-refractivity contribution in [3.63, 3.8) is 0 Å². The molecule has 0 aromatic carbocycles. The number of carbonyl (C=O) groups excluding carboxylic acids is 2. The fourth-order valence-corrected chi connectivity index (χ4v) is 3.09. The molecule has 0 radical (unpaired) electrons. The van der Waals surface area contributed by atoms with E-state index in [0.717, 1.165) is 0 Å². The SMILES string of the molecule is C[C@H](NC(=O)[C@@H](N)CCCN=C(N)N)C(=O)NC1(C(=O)O)CCCC1[N+](=O)[O-].Cl. The molecule has 14 heteroatoms. The van der Waals surface area contributed by atoms with Crippen molar-refractivity contribution < 1.29 is 24.4 Å². The Hall–Kier alpha value is -2.67. The normalized spacial score (nSPS) is 22.5. The van der Waals surface area contributed by atoms with Gasteiger partial charge < -0.3 is 32.9 Å². The topological polar surface area (TPSA) is 229 Å². The summed E-state index contributed by atoms with van der Waals surface area (Å²) in [7, 11) is 0. The van der Waals surface area contributed by atoms with E-state index in [4.69, 9.17) is 17.2 Å². The number of nitrogens with zero attached hydrogens (tertiary/aromatic N) is 2. The Labute approximate surface area is 173 Å². The fourth-order valence-electron chi connectivity index (χ4n) is 3.09. The van der Waals surface area contributed by atoms with E-state index in [1.54, 1.807) is 0 Å². The lowest BCUT2D eigenvalue weighted by molar-refractivity contribution is -0.528. The minimum atomic E-state index is -2.00. The molecule has 0 bridgehead atoms. The summed E-state index contributed by atoms with van der Waals surface area (Å²) in [5.41, 5.74) is 14.1. The number of halogens is 1. The molecule has 13 nitrogen and oxygen atoms in total. The van der Waals surface area contributed by atoms with Gasteiger partial charge in [-0.15, -0.1) is 12.4 Å². The van der Waals surface area contributed by atoms with Crippen LogP contribution in [-0.2, 0) is 14.4 Å². The lowest BCUT2D eigenvalue weighted by Crippen LogP contribution is -2.64. The predicted octanol–water partition coefficient (Wildman–Crippen LogP) is -1.94. The monoisotopic (exact) mass is 437 g/mol. The number of hydrogen-bond acceptors (Lipinski definition) is 7. The minimum absolute atomic E-state index is 0. The van der Waals surface area contributed by atoms with Crippen LogP contribution in [0, 0.1) is 10.1 Å². The van der Waals surface area contributed by atoms with Gasteiger partial charge in [0.05, 0.1) is 6.04 Å². The van der Waals surface area contributed by atoms with E-state index >= 15 is 0 Å². The summed E-state index contributed by atoms with van der Waals surface area (Å²) in [4.78, 5) is 50.4. The zero-order chi connectivity index (χ0) is 21.5. The van der Waals surface area contributed by atoms with Gasteiger partial charge in [0.1, 0.15) is 6.04 Å². The lowest BCUT2D eigenvalue weighted by Gasteiger charge is -2.28. The van der Waals surface area contributed by atoms with Crippen LogP contribution < -0.4 is 27.8 Å². The number of aliphatic carboxylic acids is 1. The van der Waals surface area contributed by atoms with Gasteiger partial charge in [0.2, 0.25) is 23.4 Å². The van der Waals surface area contributed by atoms with Gasteiger partial charge in [-0.1, -0.05) is 0 Å². The molecule has 1 saturated carbocycles. The maximum absolute atomic E-state index is 12.4. The first-order valence-electron chi connectivity index (χ1n) is 8.81. The van der Waals surface area contributed by atoms with Crippen LogP contribution in [0.4, 0.5) is 0 Å². The Bertz CT molecular complexity index is 657. The van der Waals surface area contributed by atoms with E-state index in [2.05, 4.69) is 15.6 Å². The second-order valence-electron chi connectivity index (χ2n) is 6.74. The number of aliphatic imine (C=N–C) groups is 1. The fraction of sp³-hybridized carbons (Fsp3) is 0.733. The van der Waals surface area contributed by atoms with Crippen molar-refractivity contribution >= 4 is 36.2 Å². The average Bonchev–Trinajstić information content (AvgIpc) is 3.03. The number of carboxylic acid groups (broad SMARTS) is 1. The number of guanidine groups is 1. The molecule has 29 heavy (non-hydrogen) atoms. The summed E-state index contributed by atoms with van der Waals surface area (Å²) in [6.07, 6.45) is 0.977. The standard InChI is InChI=1S/C15H27N7O6.ClH/c1-8(20-12(24)9(16)4-3-7-19-14(17)18)11(23)21-15(13(25)26)6-2-5-10(15)22(27)28;/h8-10H,2-7,16H2,1H3,(H,20,24)(H,21,23)(H,25,26)(H4,17,18,19);1H/t8-,9-,10?,15?;/m0./s1. The summed E-state index contributed by atoms with van der Waals surface area (Å²) < 4.78 is 0. The molecule has 2 unspecified atom stereocenters. The van der Waals surface area contributed by atoms with Crippen LogP contribution in [0.25, 0.3) is 0 Å². The van der Waals surface area contributed by atoms with E-state index in [1.165, 1.54) is 6.92 Å². The maximum atomic E-state index is 12.4. The van der Waals surface area contributed by atoms with Gasteiger partial charge in [0, 0.05) is 17.9 Å². The first-order chi connectivity index (χ1) is 13.0. The number of nitrogens with one attached hydrogen (secondary N) is 2. The third-order valence-electron chi connectivity index (χ3n) is 4.66. The predicted molar refractivity (Wildman–Crippen MR) is 106 cm³/mol. The third-order valence-corrected chi connectivity index (χ3v) is 4.66. The number of amides is 2. The van der Waals surface area contributed by atoms with Crippen molar-refractivity contribution in [3.05, 3.63) is 10.1 Å². The van der Waals surface area contributed by atoms with Gasteiger partial charge in [-0.2, -0.15) is 0 Å². The van der Waals surface area contributed by atoms with Crippen molar-refractivity contribution in [2.24, 2.45) is 22.2 Å². The highest BCUT2D eigenvalue weighted by atomic mass is 35.5. The van der Waals surface area contributed by atoms with Crippen LogP contribution in [0.2, 0.25) is 0 Å². The van der Waals surface area contributed by atoms with Crippen molar-refractivity contribution in [2.75, 3.05) is 6.54 Å². The maximum Gasteiger partial charge on any atom is 0.336 e. The highest BCUT2D eigenvalue weighted by Crippen LogP contribution is 2.32. The molecule has 1 aliphatic carbocycles. The number of carbonyl (C=O) groups is 3. The Kier molecular flexibility index (Phi) is 10.3. The largest absolute Gasteiger partial charge is 0.479 e. The van der Waals surface area contributed by atoms with Crippen molar-refractivity contribution in [2.45, 2.75) is 62.7 Å². The van der Waals surface area contributed by atoms with E-state index < -0.39 is 46.4 Å². The molecule has 1 fully saturated rings. The molecule has 4 atom stereocenters. The van der Waals surface area contributed by atoms with Crippen molar-refractivity contribution in [3.8, 4) is 0 Å². The molecular weight excluding hydrogens is 410 g/mol. The molecule has 2 amide bonds. The van der Waals surface area contributed by atoms with Crippen LogP contribution in [0.15, 0.2) is 4.99 Å². The van der Waals surface area contributed by atoms with Gasteiger partial charge in [0.15, 0.2) is 5.96 Å². The first kappa shape index (κ1) is 26.3. The average molecular weight is 438 g/mol. The molecular formula is C15H28ClN7O6. The number of nitrogens with two attached hydrogens (primary N) is 3. The lowest BCUT2D eigenvalue weighted by atomic mass is 9.93. The summed E-state index contributed by atoms with van der Waals surface area (Å²) in [6.45, 7) is 1.63. The Balaban J connectivity index is 0.00000784. The first-order valence-corrected chi connectivity index (χ1v) is 8.81. The molecule has 0 saturated heterocycles. The Morgan fingerprint density at radius 2 is 1.97 bits per heavy atom. The molecule has 0 aromatic rings. The summed E-state index contributed by atoms with van der Waals surface area (Å²) in [5, 5.41) is 25.3. The molecule has 166 valence electrons. The quantitative estimate of drug-likeness (QED) is 0.0732. The second kappa shape index (κ2) is 11.4. The van der Waals surface area contributed by atoms with Gasteiger partial charge >= 0.3 is 5.97 Å². The van der Waals surface area contributed by atoms with Crippen LogP contribution in [-0.4, -0.2) is 64.0 Å². The molecule has 9 N–H and O–H groups in total. The zero-order valence-electron chi connectivity index (χ0n) is 16.0. The van der Waals surface area contributed by atoms with Gasteiger partial charge in [-0.3, -0.25) is 24.7 Å². The molecule has 0 heterocycles. The summed E-state index contributed by atoms with van der Waals surface area (Å²) in [6, 6.07) is -3.48. The number of rotatable bonds is 10. The third kappa shape index (κ3) is 7.02. The van der Waals surface area contributed by atoms with E-state index in [0.29, 0.717) is 19.4 Å². The van der Waals surface area contributed by atoms with Crippen LogP contribution in [0.5, 0.6) is 0 Å². The van der Waals surface area contributed by atoms with E-state index in [1.807, 2.05) is 0 Å². The number of hydrogen-bond donors (Lipinski definition) is 6.